The van der Waals surface area contributed by atoms with Crippen LogP contribution in [0.3, 0.4) is 0 Å². The first-order chi connectivity index (χ1) is 9.31. The predicted octanol–water partition coefficient (Wildman–Crippen LogP) is 2.53. The molecule has 104 valence electrons. The summed E-state index contributed by atoms with van der Waals surface area (Å²) in [5.41, 5.74) is 2.44. The van der Waals surface area contributed by atoms with Gasteiger partial charge in [0, 0.05) is 5.56 Å². The summed E-state index contributed by atoms with van der Waals surface area (Å²) in [7, 11) is 0. The maximum Gasteiger partial charge on any atom is 0.127 e. The van der Waals surface area contributed by atoms with Crippen molar-refractivity contribution in [3.05, 3.63) is 29.3 Å². The molecule has 3 rings (SSSR count). The predicted molar refractivity (Wildman–Crippen MR) is 75.5 cm³/mol. The SMILES string of the molecule is CCc1cccc2c1OCC(O)C2N1CCCCC1. The lowest BCUT2D eigenvalue weighted by atomic mass is 9.92. The minimum atomic E-state index is -0.405. The van der Waals surface area contributed by atoms with E-state index in [0.717, 1.165) is 25.3 Å². The topological polar surface area (TPSA) is 32.7 Å². The number of fused-ring (bicyclic) bond motifs is 1. The fourth-order valence-corrected chi connectivity index (χ4v) is 3.40. The van der Waals surface area contributed by atoms with E-state index in [9.17, 15) is 5.11 Å². The second kappa shape index (κ2) is 5.51. The van der Waals surface area contributed by atoms with Crippen molar-refractivity contribution < 1.29 is 9.84 Å². The minimum Gasteiger partial charge on any atom is -0.490 e. The molecule has 19 heavy (non-hydrogen) atoms. The van der Waals surface area contributed by atoms with Gasteiger partial charge in [-0.1, -0.05) is 31.5 Å². The summed E-state index contributed by atoms with van der Waals surface area (Å²) in [5.74, 6) is 1.02. The highest BCUT2D eigenvalue weighted by Gasteiger charge is 2.35. The first-order valence-corrected chi connectivity index (χ1v) is 7.48. The number of aryl methyl sites for hydroxylation is 1. The Morgan fingerprint density at radius 2 is 2.05 bits per heavy atom. The molecule has 1 fully saturated rings. The molecular weight excluding hydrogens is 238 g/mol. The minimum absolute atomic E-state index is 0.121. The number of hydrogen-bond acceptors (Lipinski definition) is 3. The number of benzene rings is 1. The lowest BCUT2D eigenvalue weighted by Crippen LogP contribution is -2.44. The number of para-hydroxylation sites is 1. The second-order valence-corrected chi connectivity index (χ2v) is 5.61. The summed E-state index contributed by atoms with van der Waals surface area (Å²) in [6.45, 7) is 4.76. The third-order valence-electron chi connectivity index (χ3n) is 4.37. The van der Waals surface area contributed by atoms with Gasteiger partial charge in [0.25, 0.3) is 0 Å². The number of hydrogen-bond donors (Lipinski definition) is 1. The summed E-state index contributed by atoms with van der Waals surface area (Å²) < 4.78 is 5.80. The van der Waals surface area contributed by atoms with Crippen LogP contribution in [0.2, 0.25) is 0 Å². The van der Waals surface area contributed by atoms with Crippen molar-refractivity contribution in [3.8, 4) is 5.75 Å². The van der Waals surface area contributed by atoms with Crippen molar-refractivity contribution in [2.24, 2.45) is 0 Å². The van der Waals surface area contributed by atoms with Crippen LogP contribution in [0, 0.1) is 0 Å². The van der Waals surface area contributed by atoms with Gasteiger partial charge in [0.05, 0.1) is 6.04 Å². The first-order valence-electron chi connectivity index (χ1n) is 7.48. The van der Waals surface area contributed by atoms with Gasteiger partial charge in [-0.15, -0.1) is 0 Å². The van der Waals surface area contributed by atoms with Crippen molar-refractivity contribution in [2.45, 2.75) is 44.8 Å². The van der Waals surface area contributed by atoms with Gasteiger partial charge in [0.15, 0.2) is 0 Å². The molecule has 1 saturated heterocycles. The van der Waals surface area contributed by atoms with Gasteiger partial charge in [-0.2, -0.15) is 0 Å². The Bertz CT molecular complexity index is 440. The third kappa shape index (κ3) is 2.37. The number of nitrogens with zero attached hydrogens (tertiary/aromatic N) is 1. The van der Waals surface area contributed by atoms with E-state index in [0.29, 0.717) is 6.61 Å². The zero-order valence-electron chi connectivity index (χ0n) is 11.6. The molecule has 2 aliphatic heterocycles. The fraction of sp³-hybridized carbons (Fsp3) is 0.625. The molecule has 2 heterocycles. The zero-order valence-corrected chi connectivity index (χ0v) is 11.6. The van der Waals surface area contributed by atoms with Gasteiger partial charge in [0.2, 0.25) is 0 Å². The van der Waals surface area contributed by atoms with Crippen molar-refractivity contribution >= 4 is 0 Å². The molecule has 1 aromatic rings. The van der Waals surface area contributed by atoms with Gasteiger partial charge < -0.3 is 9.84 Å². The van der Waals surface area contributed by atoms with E-state index in [4.69, 9.17) is 4.74 Å². The average molecular weight is 261 g/mol. The molecule has 2 atom stereocenters. The van der Waals surface area contributed by atoms with Gasteiger partial charge in [-0.25, -0.2) is 0 Å². The van der Waals surface area contributed by atoms with Crippen molar-refractivity contribution in [3.63, 3.8) is 0 Å². The highest BCUT2D eigenvalue weighted by Crippen LogP contribution is 2.39. The second-order valence-electron chi connectivity index (χ2n) is 5.61. The maximum atomic E-state index is 10.4. The Hall–Kier alpha value is -1.06. The molecule has 3 heteroatoms. The molecule has 2 unspecified atom stereocenters. The van der Waals surface area contributed by atoms with Crippen LogP contribution >= 0.6 is 0 Å². The standard InChI is InChI=1S/C16H23NO2/c1-2-12-7-6-8-13-15(14(18)11-19-16(12)13)17-9-4-3-5-10-17/h6-8,14-15,18H,2-5,9-11H2,1H3. The number of aliphatic hydroxyl groups excluding tert-OH is 1. The van der Waals surface area contributed by atoms with Gasteiger partial charge in [0.1, 0.15) is 18.5 Å². The van der Waals surface area contributed by atoms with Crippen LogP contribution in [0.4, 0.5) is 0 Å². The van der Waals surface area contributed by atoms with Crippen LogP contribution in [0.5, 0.6) is 5.75 Å². The van der Waals surface area contributed by atoms with Crippen LogP contribution in [-0.4, -0.2) is 35.8 Å². The Morgan fingerprint density at radius 3 is 2.79 bits per heavy atom. The van der Waals surface area contributed by atoms with E-state index in [2.05, 4.69) is 30.0 Å². The number of ether oxygens (including phenoxy) is 1. The van der Waals surface area contributed by atoms with Crippen molar-refractivity contribution in [2.75, 3.05) is 19.7 Å². The van der Waals surface area contributed by atoms with E-state index in [-0.39, 0.29) is 6.04 Å². The maximum absolute atomic E-state index is 10.4. The Labute approximate surface area is 115 Å². The largest absolute Gasteiger partial charge is 0.490 e. The monoisotopic (exact) mass is 261 g/mol. The van der Waals surface area contributed by atoms with E-state index >= 15 is 0 Å². The Kier molecular flexibility index (Phi) is 3.76. The van der Waals surface area contributed by atoms with Crippen LogP contribution in [0.15, 0.2) is 18.2 Å². The lowest BCUT2D eigenvalue weighted by molar-refractivity contribution is -0.00709. The lowest BCUT2D eigenvalue weighted by Gasteiger charge is -2.41. The van der Waals surface area contributed by atoms with E-state index < -0.39 is 6.10 Å². The number of likely N-dealkylation sites (tertiary alicyclic amines) is 1. The molecule has 1 N–H and O–H groups in total. The van der Waals surface area contributed by atoms with Crippen LogP contribution in [-0.2, 0) is 6.42 Å². The van der Waals surface area contributed by atoms with Gasteiger partial charge in [-0.05, 0) is 37.9 Å². The molecule has 3 nitrogen and oxygen atoms in total. The smallest absolute Gasteiger partial charge is 0.127 e. The van der Waals surface area contributed by atoms with E-state index in [1.165, 1.54) is 30.4 Å². The van der Waals surface area contributed by atoms with Gasteiger partial charge in [-0.3, -0.25) is 4.90 Å². The van der Waals surface area contributed by atoms with Crippen LogP contribution in [0.1, 0.15) is 43.4 Å². The number of aliphatic hydroxyl groups is 1. The fourth-order valence-electron chi connectivity index (χ4n) is 3.40. The summed E-state index contributed by atoms with van der Waals surface area (Å²) >= 11 is 0. The van der Waals surface area contributed by atoms with Crippen LogP contribution < -0.4 is 4.74 Å². The Balaban J connectivity index is 1.96. The molecule has 0 spiro atoms. The van der Waals surface area contributed by atoms with E-state index in [1.807, 2.05) is 0 Å². The summed E-state index contributed by atoms with van der Waals surface area (Å²) in [4.78, 5) is 2.44. The Morgan fingerprint density at radius 1 is 1.26 bits per heavy atom. The molecule has 1 aromatic carbocycles. The summed E-state index contributed by atoms with van der Waals surface area (Å²) in [6.07, 6.45) is 4.38. The molecule has 2 aliphatic rings. The highest BCUT2D eigenvalue weighted by atomic mass is 16.5. The molecule has 0 saturated carbocycles. The normalized spacial score (nSPS) is 27.7. The van der Waals surface area contributed by atoms with Crippen LogP contribution in [0.25, 0.3) is 0 Å². The molecular formula is C16H23NO2. The number of piperidine rings is 1. The number of rotatable bonds is 2. The molecule has 0 radical (unpaired) electrons. The van der Waals surface area contributed by atoms with E-state index in [1.54, 1.807) is 0 Å². The molecule has 0 aromatic heterocycles. The van der Waals surface area contributed by atoms with Crippen molar-refractivity contribution in [1.29, 1.82) is 0 Å². The highest BCUT2D eigenvalue weighted by molar-refractivity contribution is 5.45. The van der Waals surface area contributed by atoms with Crippen molar-refractivity contribution in [1.82, 2.24) is 4.90 Å². The third-order valence-corrected chi connectivity index (χ3v) is 4.37. The quantitative estimate of drug-likeness (QED) is 0.888. The molecule has 0 bridgehead atoms. The first kappa shape index (κ1) is 12.9. The molecule has 0 aliphatic carbocycles. The molecule has 0 amide bonds. The summed E-state index contributed by atoms with van der Waals surface area (Å²) in [5, 5.41) is 10.4. The van der Waals surface area contributed by atoms with Gasteiger partial charge >= 0.3 is 0 Å². The average Bonchev–Trinajstić information content (AvgIpc) is 2.47. The zero-order chi connectivity index (χ0) is 13.2. The summed E-state index contributed by atoms with van der Waals surface area (Å²) in [6, 6.07) is 6.46.